The first-order valence-corrected chi connectivity index (χ1v) is 9.84. The summed E-state index contributed by atoms with van der Waals surface area (Å²) < 4.78 is 10.4. The number of amides is 1. The number of fused-ring (bicyclic) bond motifs is 1. The van der Waals surface area contributed by atoms with Crippen molar-refractivity contribution in [2.45, 2.75) is 26.2 Å². The average Bonchev–Trinajstić information content (AvgIpc) is 3.22. The first kappa shape index (κ1) is 19.3. The van der Waals surface area contributed by atoms with E-state index in [1.807, 2.05) is 6.92 Å². The van der Waals surface area contributed by atoms with E-state index in [9.17, 15) is 9.59 Å². The molecule has 1 aliphatic carbocycles. The maximum atomic E-state index is 12.5. The molecule has 0 bridgehead atoms. The van der Waals surface area contributed by atoms with E-state index in [4.69, 9.17) is 21.7 Å². The highest BCUT2D eigenvalue weighted by Gasteiger charge is 2.27. The number of thiocarbonyl (C=S) groups is 1. The van der Waals surface area contributed by atoms with Gasteiger partial charge in [-0.3, -0.25) is 10.1 Å². The highest BCUT2D eigenvalue weighted by Crippen LogP contribution is 2.39. The highest BCUT2D eigenvalue weighted by atomic mass is 32.1. The Kier molecular flexibility index (Phi) is 6.08. The molecule has 1 amide bonds. The number of hydrogen-bond acceptors (Lipinski definition) is 6. The molecule has 142 valence electrons. The van der Waals surface area contributed by atoms with Gasteiger partial charge in [-0.25, -0.2) is 4.79 Å². The average molecular weight is 405 g/mol. The van der Waals surface area contributed by atoms with Crippen molar-refractivity contribution in [2.24, 2.45) is 0 Å². The molecule has 0 atom stereocenters. The van der Waals surface area contributed by atoms with Crippen molar-refractivity contribution >= 4 is 45.5 Å². The fraction of sp³-hybridized carbons (Fsp3) is 0.316. The molecule has 3 rings (SSSR count). The molecule has 1 aromatic carbocycles. The summed E-state index contributed by atoms with van der Waals surface area (Å²) in [6.07, 6.45) is 2.81. The van der Waals surface area contributed by atoms with Crippen LogP contribution >= 0.6 is 23.6 Å². The van der Waals surface area contributed by atoms with E-state index >= 15 is 0 Å². The molecule has 1 aromatic heterocycles. The third kappa shape index (κ3) is 4.12. The van der Waals surface area contributed by atoms with E-state index in [0.717, 1.165) is 29.7 Å². The molecular weight excluding hydrogens is 384 g/mol. The number of hydrogen-bond donors (Lipinski definition) is 2. The third-order valence-corrected chi connectivity index (χ3v) is 5.61. The molecule has 0 aliphatic heterocycles. The second-order valence-corrected chi connectivity index (χ2v) is 7.40. The SMILES string of the molecule is CCOc1ccccc1C(=O)NC(=S)Nc1sc2c(c1C(=O)OC)CCC2. The van der Waals surface area contributed by atoms with Gasteiger partial charge in [0.1, 0.15) is 10.8 Å². The molecule has 0 unspecified atom stereocenters. The van der Waals surface area contributed by atoms with Crippen LogP contribution in [0.1, 0.15) is 44.5 Å². The fourth-order valence-corrected chi connectivity index (χ4v) is 4.59. The van der Waals surface area contributed by atoms with Crippen molar-refractivity contribution in [2.75, 3.05) is 19.0 Å². The molecule has 1 aliphatic rings. The van der Waals surface area contributed by atoms with Gasteiger partial charge in [0.05, 0.1) is 24.8 Å². The lowest BCUT2D eigenvalue weighted by molar-refractivity contribution is 0.0601. The number of aryl methyl sites for hydroxylation is 1. The van der Waals surface area contributed by atoms with Gasteiger partial charge in [0, 0.05) is 4.88 Å². The third-order valence-electron chi connectivity index (χ3n) is 4.20. The number of anilines is 1. The first-order valence-electron chi connectivity index (χ1n) is 8.62. The standard InChI is InChI=1S/C19H20N2O4S2/c1-3-25-13-9-5-4-7-11(13)16(22)20-19(26)21-17-15(18(23)24-2)12-8-6-10-14(12)27-17/h4-5,7,9H,3,6,8,10H2,1-2H3,(H2,20,21,22,26). The predicted molar refractivity (Wildman–Crippen MR) is 109 cm³/mol. The van der Waals surface area contributed by atoms with E-state index in [-0.39, 0.29) is 11.0 Å². The topological polar surface area (TPSA) is 76.7 Å². The maximum absolute atomic E-state index is 12.5. The highest BCUT2D eigenvalue weighted by molar-refractivity contribution is 7.80. The Morgan fingerprint density at radius 1 is 1.26 bits per heavy atom. The van der Waals surface area contributed by atoms with E-state index < -0.39 is 5.97 Å². The van der Waals surface area contributed by atoms with E-state index in [0.29, 0.717) is 28.5 Å². The van der Waals surface area contributed by atoms with Crippen molar-refractivity contribution in [1.82, 2.24) is 5.32 Å². The predicted octanol–water partition coefficient (Wildman–Crippen LogP) is 3.55. The molecule has 0 saturated carbocycles. The van der Waals surface area contributed by atoms with Gasteiger partial charge >= 0.3 is 5.97 Å². The molecular formula is C19H20N2O4S2. The molecule has 27 heavy (non-hydrogen) atoms. The number of rotatable bonds is 5. The molecule has 6 nitrogen and oxygen atoms in total. The summed E-state index contributed by atoms with van der Waals surface area (Å²) in [5, 5.41) is 6.36. The van der Waals surface area contributed by atoms with Gasteiger partial charge in [-0.15, -0.1) is 11.3 Å². The summed E-state index contributed by atoms with van der Waals surface area (Å²) in [7, 11) is 1.36. The zero-order chi connectivity index (χ0) is 19.4. The monoisotopic (exact) mass is 404 g/mol. The second kappa shape index (κ2) is 8.49. The van der Waals surface area contributed by atoms with Gasteiger partial charge < -0.3 is 14.8 Å². The number of thiophene rings is 1. The number of esters is 1. The van der Waals surface area contributed by atoms with Crippen molar-refractivity contribution in [1.29, 1.82) is 0 Å². The number of benzene rings is 1. The largest absolute Gasteiger partial charge is 0.493 e. The van der Waals surface area contributed by atoms with Crippen LogP contribution in [0.4, 0.5) is 5.00 Å². The Hall–Kier alpha value is -2.45. The summed E-state index contributed by atoms with van der Waals surface area (Å²) in [4.78, 5) is 25.9. The van der Waals surface area contributed by atoms with Crippen molar-refractivity contribution in [3.8, 4) is 5.75 Å². The van der Waals surface area contributed by atoms with Gasteiger partial charge in [-0.05, 0) is 56.1 Å². The van der Waals surface area contributed by atoms with Crippen LogP contribution in [0.25, 0.3) is 0 Å². The smallest absolute Gasteiger partial charge is 0.341 e. The lowest BCUT2D eigenvalue weighted by Gasteiger charge is -2.12. The lowest BCUT2D eigenvalue weighted by atomic mass is 10.1. The van der Waals surface area contributed by atoms with Crippen molar-refractivity contribution < 1.29 is 19.1 Å². The Morgan fingerprint density at radius 2 is 2.04 bits per heavy atom. The van der Waals surface area contributed by atoms with Crippen LogP contribution in [0.2, 0.25) is 0 Å². The Morgan fingerprint density at radius 3 is 2.78 bits per heavy atom. The summed E-state index contributed by atoms with van der Waals surface area (Å²) in [5.41, 5.74) is 1.93. The molecule has 0 spiro atoms. The molecule has 2 N–H and O–H groups in total. The number of carbonyl (C=O) groups excluding carboxylic acids is 2. The Balaban J connectivity index is 1.75. The lowest BCUT2D eigenvalue weighted by Crippen LogP contribution is -2.34. The van der Waals surface area contributed by atoms with Gasteiger partial charge in [0.15, 0.2) is 5.11 Å². The van der Waals surface area contributed by atoms with Crippen molar-refractivity contribution in [3.05, 3.63) is 45.8 Å². The number of nitrogens with one attached hydrogen (secondary N) is 2. The summed E-state index contributed by atoms with van der Waals surface area (Å²) in [6.45, 7) is 2.31. The quantitative estimate of drug-likeness (QED) is 0.586. The van der Waals surface area contributed by atoms with Gasteiger partial charge in [-0.2, -0.15) is 0 Å². The molecule has 0 fully saturated rings. The maximum Gasteiger partial charge on any atom is 0.341 e. The van der Waals surface area contributed by atoms with E-state index in [2.05, 4.69) is 10.6 Å². The Labute approximate surface area is 166 Å². The van der Waals surface area contributed by atoms with E-state index in [1.165, 1.54) is 18.4 Å². The molecule has 0 saturated heterocycles. The van der Waals surface area contributed by atoms with Crippen LogP contribution in [0.5, 0.6) is 5.75 Å². The van der Waals surface area contributed by atoms with Crippen LogP contribution in [0.3, 0.4) is 0 Å². The van der Waals surface area contributed by atoms with Crippen LogP contribution in [-0.2, 0) is 17.6 Å². The summed E-state index contributed by atoms with van der Waals surface area (Å²) in [5.74, 6) is -0.279. The number of para-hydroxylation sites is 1. The van der Waals surface area contributed by atoms with Crippen LogP contribution in [0, 0.1) is 0 Å². The minimum atomic E-state index is -0.396. The molecule has 8 heteroatoms. The second-order valence-electron chi connectivity index (χ2n) is 5.89. The van der Waals surface area contributed by atoms with Crippen LogP contribution in [0.15, 0.2) is 24.3 Å². The van der Waals surface area contributed by atoms with E-state index in [1.54, 1.807) is 24.3 Å². The molecule has 1 heterocycles. The first-order chi connectivity index (χ1) is 13.0. The van der Waals surface area contributed by atoms with Crippen molar-refractivity contribution in [3.63, 3.8) is 0 Å². The minimum absolute atomic E-state index is 0.122. The summed E-state index contributed by atoms with van der Waals surface area (Å²) >= 11 is 6.76. The minimum Gasteiger partial charge on any atom is -0.493 e. The zero-order valence-electron chi connectivity index (χ0n) is 15.1. The number of methoxy groups -OCH3 is 1. The normalized spacial score (nSPS) is 12.2. The van der Waals surface area contributed by atoms with Crippen LogP contribution < -0.4 is 15.4 Å². The summed E-state index contributed by atoms with van der Waals surface area (Å²) in [6, 6.07) is 6.96. The number of carbonyl (C=O) groups is 2. The zero-order valence-corrected chi connectivity index (χ0v) is 16.7. The van der Waals surface area contributed by atoms with Gasteiger partial charge in [0.2, 0.25) is 0 Å². The van der Waals surface area contributed by atoms with Gasteiger partial charge in [0.25, 0.3) is 5.91 Å². The molecule has 2 aromatic rings. The molecule has 0 radical (unpaired) electrons. The number of ether oxygens (including phenoxy) is 2. The fourth-order valence-electron chi connectivity index (χ4n) is 3.05. The Bertz CT molecular complexity index is 892. The van der Waals surface area contributed by atoms with Crippen LogP contribution in [-0.4, -0.2) is 30.7 Å². The van der Waals surface area contributed by atoms with Gasteiger partial charge in [-0.1, -0.05) is 12.1 Å².